The number of carboxylic acid groups (broad SMARTS) is 1. The van der Waals surface area contributed by atoms with Crippen molar-refractivity contribution >= 4 is 23.6 Å². The molecule has 1 aliphatic heterocycles. The van der Waals surface area contributed by atoms with E-state index in [0.717, 1.165) is 25.3 Å². The van der Waals surface area contributed by atoms with Crippen molar-refractivity contribution in [3.63, 3.8) is 0 Å². The van der Waals surface area contributed by atoms with Crippen molar-refractivity contribution in [2.24, 2.45) is 5.92 Å². The normalized spacial score (nSPS) is 18.2. The van der Waals surface area contributed by atoms with Crippen LogP contribution < -0.4 is 0 Å². The van der Waals surface area contributed by atoms with Gasteiger partial charge in [0.2, 0.25) is 5.91 Å². The standard InChI is InChI=1S/C15H19NO3S/c17-14(6-7-15(18)19)16-9-8-12(10-16)11-20-13-4-2-1-3-5-13/h1-5,12H,6-11H2,(H,18,19). The summed E-state index contributed by atoms with van der Waals surface area (Å²) in [7, 11) is 0. The number of carbonyl (C=O) groups is 2. The molecule has 108 valence electrons. The van der Waals surface area contributed by atoms with E-state index < -0.39 is 5.97 Å². The molecule has 1 aliphatic rings. The van der Waals surface area contributed by atoms with E-state index in [1.807, 2.05) is 30.0 Å². The number of nitrogens with zero attached hydrogens (tertiary/aromatic N) is 1. The Kier molecular flexibility index (Phi) is 5.47. The highest BCUT2D eigenvalue weighted by molar-refractivity contribution is 7.99. The molecule has 1 aromatic carbocycles. The molecule has 20 heavy (non-hydrogen) atoms. The van der Waals surface area contributed by atoms with Gasteiger partial charge in [0, 0.05) is 30.2 Å². The Balaban J connectivity index is 1.72. The zero-order valence-corrected chi connectivity index (χ0v) is 12.1. The molecule has 1 heterocycles. The first-order valence-corrected chi connectivity index (χ1v) is 7.81. The monoisotopic (exact) mass is 293 g/mol. The second-order valence-electron chi connectivity index (χ2n) is 5.01. The van der Waals surface area contributed by atoms with Crippen molar-refractivity contribution in [1.82, 2.24) is 4.90 Å². The molecule has 0 bridgehead atoms. The average Bonchev–Trinajstić information content (AvgIpc) is 2.92. The highest BCUT2D eigenvalue weighted by Gasteiger charge is 2.26. The van der Waals surface area contributed by atoms with Crippen LogP contribution in [0.4, 0.5) is 0 Å². The summed E-state index contributed by atoms with van der Waals surface area (Å²) in [6.45, 7) is 1.52. The van der Waals surface area contributed by atoms with Crippen molar-refractivity contribution in [2.45, 2.75) is 24.2 Å². The summed E-state index contributed by atoms with van der Waals surface area (Å²) in [5.41, 5.74) is 0. The lowest BCUT2D eigenvalue weighted by molar-refractivity contribution is -0.140. The SMILES string of the molecule is O=C(O)CCC(=O)N1CCC(CSc2ccccc2)C1. The smallest absolute Gasteiger partial charge is 0.303 e. The molecule has 1 saturated heterocycles. The van der Waals surface area contributed by atoms with Crippen LogP contribution in [0.25, 0.3) is 0 Å². The van der Waals surface area contributed by atoms with Gasteiger partial charge in [0.15, 0.2) is 0 Å². The van der Waals surface area contributed by atoms with E-state index in [-0.39, 0.29) is 18.7 Å². The molecule has 1 aromatic rings. The number of amides is 1. The number of thioether (sulfide) groups is 1. The quantitative estimate of drug-likeness (QED) is 0.819. The summed E-state index contributed by atoms with van der Waals surface area (Å²) in [6, 6.07) is 10.2. The second-order valence-corrected chi connectivity index (χ2v) is 6.11. The predicted molar refractivity (Wildman–Crippen MR) is 78.7 cm³/mol. The lowest BCUT2D eigenvalue weighted by Crippen LogP contribution is -2.29. The summed E-state index contributed by atoms with van der Waals surface area (Å²) in [5, 5.41) is 8.59. The fourth-order valence-corrected chi connectivity index (χ4v) is 3.35. The minimum absolute atomic E-state index is 0.0281. The molecule has 1 unspecified atom stereocenters. The van der Waals surface area contributed by atoms with Crippen molar-refractivity contribution in [2.75, 3.05) is 18.8 Å². The maximum absolute atomic E-state index is 11.8. The summed E-state index contributed by atoms with van der Waals surface area (Å²) < 4.78 is 0. The number of benzene rings is 1. The average molecular weight is 293 g/mol. The van der Waals surface area contributed by atoms with Gasteiger partial charge in [-0.05, 0) is 24.5 Å². The van der Waals surface area contributed by atoms with Crippen LogP contribution in [0.2, 0.25) is 0 Å². The molecule has 5 heteroatoms. The number of rotatable bonds is 6. The van der Waals surface area contributed by atoms with Crippen LogP contribution in [0, 0.1) is 5.92 Å². The number of hydrogen-bond donors (Lipinski definition) is 1. The maximum Gasteiger partial charge on any atom is 0.303 e. The van der Waals surface area contributed by atoms with Crippen LogP contribution in [0.15, 0.2) is 35.2 Å². The molecule has 0 radical (unpaired) electrons. The van der Waals surface area contributed by atoms with Crippen molar-refractivity contribution in [3.8, 4) is 0 Å². The molecular weight excluding hydrogens is 274 g/mol. The van der Waals surface area contributed by atoms with Crippen LogP contribution in [0.3, 0.4) is 0 Å². The van der Waals surface area contributed by atoms with Crippen LogP contribution in [0.1, 0.15) is 19.3 Å². The van der Waals surface area contributed by atoms with Gasteiger partial charge in [0.05, 0.1) is 6.42 Å². The van der Waals surface area contributed by atoms with Gasteiger partial charge in [-0.15, -0.1) is 11.8 Å². The number of hydrogen-bond acceptors (Lipinski definition) is 3. The molecule has 1 fully saturated rings. The van der Waals surface area contributed by atoms with Crippen LogP contribution in [-0.4, -0.2) is 40.7 Å². The highest BCUT2D eigenvalue weighted by atomic mass is 32.2. The second kappa shape index (κ2) is 7.33. The molecule has 0 aromatic heterocycles. The molecule has 1 N–H and O–H groups in total. The summed E-state index contributed by atoms with van der Waals surface area (Å²) in [5.74, 6) is 0.578. The van der Waals surface area contributed by atoms with E-state index in [9.17, 15) is 9.59 Å². The lowest BCUT2D eigenvalue weighted by Gasteiger charge is -2.16. The van der Waals surface area contributed by atoms with Crippen molar-refractivity contribution < 1.29 is 14.7 Å². The van der Waals surface area contributed by atoms with Gasteiger partial charge >= 0.3 is 5.97 Å². The molecule has 2 rings (SSSR count). The largest absolute Gasteiger partial charge is 0.481 e. The molecule has 0 saturated carbocycles. The van der Waals surface area contributed by atoms with Crippen molar-refractivity contribution in [1.29, 1.82) is 0 Å². The number of carbonyl (C=O) groups excluding carboxylic acids is 1. The minimum atomic E-state index is -0.909. The first-order valence-electron chi connectivity index (χ1n) is 6.82. The van der Waals surface area contributed by atoms with Crippen LogP contribution >= 0.6 is 11.8 Å². The van der Waals surface area contributed by atoms with E-state index in [0.29, 0.717) is 5.92 Å². The van der Waals surface area contributed by atoms with Gasteiger partial charge in [0.25, 0.3) is 0 Å². The highest BCUT2D eigenvalue weighted by Crippen LogP contribution is 2.26. The third kappa shape index (κ3) is 4.56. The Labute approximate surface area is 123 Å². The lowest BCUT2D eigenvalue weighted by atomic mass is 10.2. The molecule has 4 nitrogen and oxygen atoms in total. The third-order valence-electron chi connectivity index (χ3n) is 3.42. The Morgan fingerprint density at radius 2 is 2.00 bits per heavy atom. The predicted octanol–water partition coefficient (Wildman–Crippen LogP) is 2.49. The molecular formula is C15H19NO3S. The number of carboxylic acids is 1. The Morgan fingerprint density at radius 1 is 1.25 bits per heavy atom. The molecule has 1 amide bonds. The minimum Gasteiger partial charge on any atom is -0.481 e. The summed E-state index contributed by atoms with van der Waals surface area (Å²) in [4.78, 5) is 25.4. The number of likely N-dealkylation sites (tertiary alicyclic amines) is 1. The molecule has 1 atom stereocenters. The first kappa shape index (κ1) is 14.9. The van der Waals surface area contributed by atoms with Crippen LogP contribution in [-0.2, 0) is 9.59 Å². The van der Waals surface area contributed by atoms with E-state index in [2.05, 4.69) is 12.1 Å². The van der Waals surface area contributed by atoms with E-state index >= 15 is 0 Å². The Hall–Kier alpha value is -1.49. The zero-order valence-electron chi connectivity index (χ0n) is 11.3. The van der Waals surface area contributed by atoms with E-state index in [4.69, 9.17) is 5.11 Å². The third-order valence-corrected chi connectivity index (χ3v) is 4.66. The van der Waals surface area contributed by atoms with Gasteiger partial charge in [-0.3, -0.25) is 9.59 Å². The number of aliphatic carboxylic acids is 1. The van der Waals surface area contributed by atoms with Crippen LogP contribution in [0.5, 0.6) is 0 Å². The molecule has 0 aliphatic carbocycles. The Bertz CT molecular complexity index is 463. The topological polar surface area (TPSA) is 57.6 Å². The summed E-state index contributed by atoms with van der Waals surface area (Å²) in [6.07, 6.45) is 1.06. The van der Waals surface area contributed by atoms with Gasteiger partial charge in [-0.2, -0.15) is 0 Å². The van der Waals surface area contributed by atoms with E-state index in [1.165, 1.54) is 4.90 Å². The summed E-state index contributed by atoms with van der Waals surface area (Å²) >= 11 is 1.82. The first-order chi connectivity index (χ1) is 9.65. The van der Waals surface area contributed by atoms with E-state index in [1.54, 1.807) is 4.90 Å². The van der Waals surface area contributed by atoms with Gasteiger partial charge in [-0.25, -0.2) is 0 Å². The van der Waals surface area contributed by atoms with Crippen molar-refractivity contribution in [3.05, 3.63) is 30.3 Å². The molecule has 0 spiro atoms. The van der Waals surface area contributed by atoms with Gasteiger partial charge < -0.3 is 10.0 Å². The fraction of sp³-hybridized carbons (Fsp3) is 0.467. The maximum atomic E-state index is 11.8. The van der Waals surface area contributed by atoms with Gasteiger partial charge in [0.1, 0.15) is 0 Å². The fourth-order valence-electron chi connectivity index (χ4n) is 2.30. The Morgan fingerprint density at radius 3 is 2.70 bits per heavy atom. The zero-order chi connectivity index (χ0) is 14.4. The van der Waals surface area contributed by atoms with Gasteiger partial charge in [-0.1, -0.05) is 18.2 Å².